The van der Waals surface area contributed by atoms with E-state index >= 15 is 0 Å². The SMILES string of the molecule is CC(C)C[C@H](NC(=O)C(C)C)[C@@](O)(OC(C)[C@H](N)C(=O)NC(C)C)[C@@]1(C)CO1. The van der Waals surface area contributed by atoms with Crippen molar-refractivity contribution in [2.75, 3.05) is 6.61 Å². The normalized spacial score (nSPS) is 24.6. The number of nitrogens with one attached hydrogen (secondary N) is 2. The van der Waals surface area contributed by atoms with Crippen molar-refractivity contribution in [1.29, 1.82) is 0 Å². The summed E-state index contributed by atoms with van der Waals surface area (Å²) in [5.41, 5.74) is 5.07. The van der Waals surface area contributed by atoms with Crippen LogP contribution in [0.4, 0.5) is 0 Å². The van der Waals surface area contributed by atoms with Crippen LogP contribution in [0.15, 0.2) is 0 Å². The van der Waals surface area contributed by atoms with Crippen molar-refractivity contribution in [3.8, 4) is 0 Å². The van der Waals surface area contributed by atoms with Crippen LogP contribution < -0.4 is 16.4 Å². The van der Waals surface area contributed by atoms with Crippen molar-refractivity contribution in [1.82, 2.24) is 10.6 Å². The lowest BCUT2D eigenvalue weighted by Crippen LogP contribution is -2.65. The third-order valence-corrected chi connectivity index (χ3v) is 4.96. The van der Waals surface area contributed by atoms with Gasteiger partial charge in [0, 0.05) is 12.0 Å². The number of carbonyl (C=O) groups excluding carboxylic acids is 2. The number of ether oxygens (including phenoxy) is 2. The van der Waals surface area contributed by atoms with Gasteiger partial charge in [0.15, 0.2) is 0 Å². The zero-order valence-corrected chi connectivity index (χ0v) is 18.5. The Bertz CT molecular complexity index is 548. The fourth-order valence-corrected chi connectivity index (χ4v) is 2.97. The van der Waals surface area contributed by atoms with E-state index in [1.165, 1.54) is 0 Å². The number of rotatable bonds is 11. The summed E-state index contributed by atoms with van der Waals surface area (Å²) in [6.45, 7) is 14.9. The molecular formula is C20H39N3O5. The first-order chi connectivity index (χ1) is 12.7. The van der Waals surface area contributed by atoms with E-state index in [1.54, 1.807) is 27.7 Å². The molecule has 1 aliphatic heterocycles. The van der Waals surface area contributed by atoms with E-state index in [9.17, 15) is 14.7 Å². The van der Waals surface area contributed by atoms with Gasteiger partial charge >= 0.3 is 0 Å². The molecule has 1 fully saturated rings. The first-order valence-corrected chi connectivity index (χ1v) is 10.1. The first kappa shape index (κ1) is 24.8. The standard InChI is InChI=1S/C20H39N3O5/c1-11(2)9-15(23-17(24)12(3)4)20(26,19(8)10-27-19)28-14(7)16(21)18(25)22-13(5)6/h11-16,26H,9-10,21H2,1-8H3,(H,22,25)(H,23,24)/t14?,15-,16-,19+,20+/m0/s1. The molecule has 1 unspecified atom stereocenters. The minimum atomic E-state index is -1.82. The van der Waals surface area contributed by atoms with E-state index < -0.39 is 29.6 Å². The highest BCUT2D eigenvalue weighted by Gasteiger charge is 2.63. The summed E-state index contributed by atoms with van der Waals surface area (Å²) in [5, 5.41) is 17.2. The van der Waals surface area contributed by atoms with Crippen LogP contribution in [0.1, 0.15) is 61.8 Å². The second-order valence-electron chi connectivity index (χ2n) is 9.07. The minimum Gasteiger partial charge on any atom is -0.364 e. The third kappa shape index (κ3) is 6.14. The average molecular weight is 402 g/mol. The van der Waals surface area contributed by atoms with Crippen molar-refractivity contribution in [3.63, 3.8) is 0 Å². The fourth-order valence-electron chi connectivity index (χ4n) is 2.97. The van der Waals surface area contributed by atoms with Crippen LogP contribution >= 0.6 is 0 Å². The summed E-state index contributed by atoms with van der Waals surface area (Å²) in [4.78, 5) is 24.6. The highest BCUT2D eigenvalue weighted by Crippen LogP contribution is 2.43. The Morgan fingerprint density at radius 2 is 1.68 bits per heavy atom. The quantitative estimate of drug-likeness (QED) is 0.301. The molecule has 5 atom stereocenters. The molecule has 1 saturated heterocycles. The minimum absolute atomic E-state index is 0.0621. The summed E-state index contributed by atoms with van der Waals surface area (Å²) in [6, 6.07) is -1.75. The Kier molecular flexibility index (Phi) is 8.44. The lowest BCUT2D eigenvalue weighted by Gasteiger charge is -2.42. The molecule has 0 saturated carbocycles. The Morgan fingerprint density at radius 1 is 1.14 bits per heavy atom. The average Bonchev–Trinajstić information content (AvgIpc) is 3.31. The van der Waals surface area contributed by atoms with E-state index in [1.807, 2.05) is 27.7 Å². The van der Waals surface area contributed by atoms with Gasteiger partial charge in [-0.15, -0.1) is 0 Å². The molecule has 0 aromatic heterocycles. The van der Waals surface area contributed by atoms with Crippen LogP contribution in [0.2, 0.25) is 0 Å². The maximum Gasteiger partial charge on any atom is 0.239 e. The molecule has 0 aliphatic carbocycles. The molecule has 2 amide bonds. The van der Waals surface area contributed by atoms with Gasteiger partial charge in [0.1, 0.15) is 11.6 Å². The van der Waals surface area contributed by atoms with Crippen LogP contribution in [-0.2, 0) is 19.1 Å². The summed E-state index contributed by atoms with van der Waals surface area (Å²) >= 11 is 0. The van der Waals surface area contributed by atoms with Crippen LogP contribution in [0, 0.1) is 11.8 Å². The highest BCUT2D eigenvalue weighted by atomic mass is 16.7. The van der Waals surface area contributed by atoms with Gasteiger partial charge in [-0.2, -0.15) is 0 Å². The molecule has 1 rings (SSSR count). The predicted molar refractivity (Wildman–Crippen MR) is 107 cm³/mol. The van der Waals surface area contributed by atoms with Crippen molar-refractivity contribution < 1.29 is 24.2 Å². The van der Waals surface area contributed by atoms with Gasteiger partial charge in [0.05, 0.1) is 18.8 Å². The number of nitrogens with two attached hydrogens (primary N) is 1. The molecule has 5 N–H and O–H groups in total. The van der Waals surface area contributed by atoms with Crippen molar-refractivity contribution in [2.24, 2.45) is 17.6 Å². The smallest absolute Gasteiger partial charge is 0.239 e. The molecule has 0 radical (unpaired) electrons. The first-order valence-electron chi connectivity index (χ1n) is 10.1. The van der Waals surface area contributed by atoms with Gasteiger partial charge in [-0.05, 0) is 40.0 Å². The van der Waals surface area contributed by atoms with E-state index in [-0.39, 0.29) is 36.3 Å². The van der Waals surface area contributed by atoms with E-state index in [0.717, 1.165) is 0 Å². The number of hydrogen-bond donors (Lipinski definition) is 4. The summed E-state index contributed by atoms with van der Waals surface area (Å²) < 4.78 is 11.5. The third-order valence-electron chi connectivity index (χ3n) is 4.96. The maximum absolute atomic E-state index is 12.4. The molecule has 164 valence electrons. The summed E-state index contributed by atoms with van der Waals surface area (Å²) in [5.74, 6) is -2.44. The topological polar surface area (TPSA) is 126 Å². The molecule has 0 aromatic carbocycles. The van der Waals surface area contributed by atoms with Crippen molar-refractivity contribution in [2.45, 2.75) is 97.4 Å². The Morgan fingerprint density at radius 3 is 2.07 bits per heavy atom. The monoisotopic (exact) mass is 401 g/mol. The number of amides is 2. The Balaban J connectivity index is 3.10. The lowest BCUT2D eigenvalue weighted by atomic mass is 9.87. The molecule has 8 heteroatoms. The van der Waals surface area contributed by atoms with Gasteiger partial charge in [-0.1, -0.05) is 27.7 Å². The molecule has 1 heterocycles. The van der Waals surface area contributed by atoms with Crippen LogP contribution in [0.3, 0.4) is 0 Å². The summed E-state index contributed by atoms with van der Waals surface area (Å²) in [7, 11) is 0. The van der Waals surface area contributed by atoms with Crippen LogP contribution in [0.25, 0.3) is 0 Å². The number of aliphatic hydroxyl groups is 1. The molecule has 0 aromatic rings. The molecule has 0 spiro atoms. The second-order valence-corrected chi connectivity index (χ2v) is 9.07. The van der Waals surface area contributed by atoms with Crippen LogP contribution in [-0.4, -0.2) is 59.1 Å². The highest BCUT2D eigenvalue weighted by molar-refractivity contribution is 5.82. The van der Waals surface area contributed by atoms with Gasteiger partial charge in [0.2, 0.25) is 17.6 Å². The largest absolute Gasteiger partial charge is 0.364 e. The zero-order chi connectivity index (χ0) is 21.9. The number of carbonyl (C=O) groups is 2. The van der Waals surface area contributed by atoms with Crippen molar-refractivity contribution in [3.05, 3.63) is 0 Å². The second kappa shape index (κ2) is 9.52. The van der Waals surface area contributed by atoms with Crippen LogP contribution in [0.5, 0.6) is 0 Å². The van der Waals surface area contributed by atoms with E-state index in [0.29, 0.717) is 6.42 Å². The van der Waals surface area contributed by atoms with Crippen molar-refractivity contribution >= 4 is 11.8 Å². The Hall–Kier alpha value is -1.22. The molecule has 28 heavy (non-hydrogen) atoms. The molecular weight excluding hydrogens is 362 g/mol. The lowest BCUT2D eigenvalue weighted by molar-refractivity contribution is -0.278. The fraction of sp³-hybridized carbons (Fsp3) is 0.900. The Labute approximate surface area is 168 Å². The number of hydrogen-bond acceptors (Lipinski definition) is 6. The molecule has 8 nitrogen and oxygen atoms in total. The van der Waals surface area contributed by atoms with E-state index in [2.05, 4.69) is 10.6 Å². The van der Waals surface area contributed by atoms with Gasteiger partial charge in [0.25, 0.3) is 0 Å². The van der Waals surface area contributed by atoms with Gasteiger partial charge < -0.3 is 30.9 Å². The van der Waals surface area contributed by atoms with E-state index in [4.69, 9.17) is 15.2 Å². The zero-order valence-electron chi connectivity index (χ0n) is 18.5. The van der Waals surface area contributed by atoms with Gasteiger partial charge in [-0.3, -0.25) is 9.59 Å². The maximum atomic E-state index is 12.4. The number of epoxide rings is 1. The predicted octanol–water partition coefficient (Wildman–Crippen LogP) is 0.908. The van der Waals surface area contributed by atoms with Gasteiger partial charge in [-0.25, -0.2) is 0 Å². The summed E-state index contributed by atoms with van der Waals surface area (Å²) in [6.07, 6.45) is -0.316. The molecule has 0 bridgehead atoms. The molecule has 1 aliphatic rings.